The Bertz CT molecular complexity index is 247. The molecule has 86 valence electrons. The van der Waals surface area contributed by atoms with Crippen molar-refractivity contribution >= 4 is 0 Å². The first-order valence-electron chi connectivity index (χ1n) is 7.16. The molecule has 0 amide bonds. The summed E-state index contributed by atoms with van der Waals surface area (Å²) in [6, 6.07) is 0. The minimum absolute atomic E-state index is 0.705. The maximum absolute atomic E-state index is 2.64. The predicted octanol–water partition coefficient (Wildman–Crippen LogP) is 4.78. The van der Waals surface area contributed by atoms with Gasteiger partial charge >= 0.3 is 0 Å². The first-order chi connectivity index (χ1) is 7.16. The molecular weight excluding hydrogens is 180 g/mol. The van der Waals surface area contributed by atoms with Gasteiger partial charge in [-0.05, 0) is 61.2 Å². The Hall–Kier alpha value is 0. The first-order valence-corrected chi connectivity index (χ1v) is 7.16. The molecule has 2 atom stereocenters. The van der Waals surface area contributed by atoms with Crippen molar-refractivity contribution in [2.75, 3.05) is 0 Å². The quantitative estimate of drug-likeness (QED) is 0.579. The van der Waals surface area contributed by atoms with Crippen molar-refractivity contribution < 1.29 is 0 Å². The molecule has 0 spiro atoms. The molecule has 0 radical (unpaired) electrons. The topological polar surface area (TPSA) is 0 Å². The van der Waals surface area contributed by atoms with Crippen LogP contribution in [0.4, 0.5) is 0 Å². The summed E-state index contributed by atoms with van der Waals surface area (Å²) < 4.78 is 0. The van der Waals surface area contributed by atoms with E-state index >= 15 is 0 Å². The van der Waals surface area contributed by atoms with E-state index in [1.807, 2.05) is 0 Å². The molecular formula is C15H26. The fourth-order valence-corrected chi connectivity index (χ4v) is 5.29. The molecule has 0 N–H and O–H groups in total. The standard InChI is InChI=1S/C15H26/c1-12-5-3-4-8-14(12,2)15-9-6-13(11-15)7-10-15/h12-13H,3-11H2,1-2H3. The number of fused-ring (bicyclic) bond motifs is 2. The van der Waals surface area contributed by atoms with Crippen molar-refractivity contribution in [3.63, 3.8) is 0 Å². The van der Waals surface area contributed by atoms with Crippen LogP contribution in [0.1, 0.15) is 71.6 Å². The van der Waals surface area contributed by atoms with Gasteiger partial charge in [-0.3, -0.25) is 0 Å². The lowest BCUT2D eigenvalue weighted by atomic mass is 9.53. The average Bonchev–Trinajstić information content (AvgIpc) is 2.84. The Kier molecular flexibility index (Phi) is 2.20. The van der Waals surface area contributed by atoms with E-state index in [4.69, 9.17) is 0 Å². The van der Waals surface area contributed by atoms with E-state index in [9.17, 15) is 0 Å². The van der Waals surface area contributed by atoms with E-state index in [-0.39, 0.29) is 0 Å². The summed E-state index contributed by atoms with van der Waals surface area (Å²) in [5.74, 6) is 2.11. The lowest BCUT2D eigenvalue weighted by Gasteiger charge is -2.52. The zero-order valence-corrected chi connectivity index (χ0v) is 10.5. The predicted molar refractivity (Wildman–Crippen MR) is 64.7 cm³/mol. The van der Waals surface area contributed by atoms with Crippen LogP contribution in [0, 0.1) is 22.7 Å². The molecule has 0 heteroatoms. The van der Waals surface area contributed by atoms with Crippen LogP contribution in [0.15, 0.2) is 0 Å². The van der Waals surface area contributed by atoms with Gasteiger partial charge in [0, 0.05) is 0 Å². The van der Waals surface area contributed by atoms with Gasteiger partial charge in [0.25, 0.3) is 0 Å². The van der Waals surface area contributed by atoms with Crippen LogP contribution < -0.4 is 0 Å². The second-order valence-electron chi connectivity index (χ2n) is 6.99. The highest BCUT2D eigenvalue weighted by molar-refractivity contribution is 5.07. The molecule has 0 aliphatic heterocycles. The molecule has 0 aromatic heterocycles. The van der Waals surface area contributed by atoms with Crippen molar-refractivity contribution in [2.45, 2.75) is 71.6 Å². The Labute approximate surface area is 94.8 Å². The molecule has 2 bridgehead atoms. The minimum atomic E-state index is 0.705. The number of hydrogen-bond acceptors (Lipinski definition) is 0. The monoisotopic (exact) mass is 206 g/mol. The number of rotatable bonds is 1. The highest BCUT2D eigenvalue weighted by Crippen LogP contribution is 2.67. The zero-order chi connectivity index (χ0) is 10.5. The van der Waals surface area contributed by atoms with Crippen LogP contribution in [0.3, 0.4) is 0 Å². The van der Waals surface area contributed by atoms with E-state index in [0.717, 1.165) is 17.3 Å². The molecule has 0 aromatic carbocycles. The molecule has 2 unspecified atom stereocenters. The van der Waals surface area contributed by atoms with Gasteiger partial charge in [0.1, 0.15) is 0 Å². The third kappa shape index (κ3) is 1.26. The molecule has 0 aromatic rings. The molecule has 15 heavy (non-hydrogen) atoms. The maximum atomic E-state index is 2.64. The van der Waals surface area contributed by atoms with E-state index in [0.29, 0.717) is 5.41 Å². The molecule has 0 nitrogen and oxygen atoms in total. The van der Waals surface area contributed by atoms with Crippen LogP contribution in [0.25, 0.3) is 0 Å². The fourth-order valence-electron chi connectivity index (χ4n) is 5.29. The molecule has 0 heterocycles. The highest BCUT2D eigenvalue weighted by Gasteiger charge is 2.57. The molecule has 3 aliphatic carbocycles. The van der Waals surface area contributed by atoms with Crippen LogP contribution in [-0.2, 0) is 0 Å². The smallest absolute Gasteiger partial charge is 0.0238 e. The van der Waals surface area contributed by atoms with Gasteiger partial charge in [-0.15, -0.1) is 0 Å². The lowest BCUT2D eigenvalue weighted by Crippen LogP contribution is -2.43. The van der Waals surface area contributed by atoms with Gasteiger partial charge in [0.05, 0.1) is 0 Å². The second-order valence-corrected chi connectivity index (χ2v) is 6.99. The van der Waals surface area contributed by atoms with E-state index in [1.165, 1.54) is 25.7 Å². The van der Waals surface area contributed by atoms with Crippen LogP contribution in [0.2, 0.25) is 0 Å². The minimum Gasteiger partial charge on any atom is -0.0620 e. The summed E-state index contributed by atoms with van der Waals surface area (Å²) in [5.41, 5.74) is 1.49. The highest BCUT2D eigenvalue weighted by atomic mass is 14.6. The van der Waals surface area contributed by atoms with Crippen LogP contribution in [0.5, 0.6) is 0 Å². The molecule has 3 fully saturated rings. The summed E-state index contributed by atoms with van der Waals surface area (Å²) in [6.45, 7) is 5.18. The Balaban J connectivity index is 1.90. The van der Waals surface area contributed by atoms with Crippen molar-refractivity contribution in [1.82, 2.24) is 0 Å². The van der Waals surface area contributed by atoms with Gasteiger partial charge in [-0.2, -0.15) is 0 Å². The third-order valence-corrected chi connectivity index (χ3v) is 6.62. The Morgan fingerprint density at radius 2 is 1.67 bits per heavy atom. The number of hydrogen-bond donors (Lipinski definition) is 0. The summed E-state index contributed by atoms with van der Waals surface area (Å²) in [4.78, 5) is 0. The van der Waals surface area contributed by atoms with E-state index in [2.05, 4.69) is 13.8 Å². The van der Waals surface area contributed by atoms with Gasteiger partial charge in [0.15, 0.2) is 0 Å². The SMILES string of the molecule is CC1CCCCC1(C)C12CCC(CC1)C2. The summed E-state index contributed by atoms with van der Waals surface area (Å²) in [7, 11) is 0. The maximum Gasteiger partial charge on any atom is -0.0238 e. The van der Waals surface area contributed by atoms with E-state index < -0.39 is 0 Å². The molecule has 0 saturated heterocycles. The van der Waals surface area contributed by atoms with Gasteiger partial charge in [-0.25, -0.2) is 0 Å². The average molecular weight is 206 g/mol. The third-order valence-electron chi connectivity index (χ3n) is 6.62. The van der Waals surface area contributed by atoms with Crippen molar-refractivity contribution in [2.24, 2.45) is 22.7 Å². The van der Waals surface area contributed by atoms with E-state index in [1.54, 1.807) is 32.1 Å². The van der Waals surface area contributed by atoms with Gasteiger partial charge in [0.2, 0.25) is 0 Å². The Morgan fingerprint density at radius 1 is 0.933 bits per heavy atom. The Morgan fingerprint density at radius 3 is 2.20 bits per heavy atom. The van der Waals surface area contributed by atoms with Gasteiger partial charge in [-0.1, -0.05) is 33.1 Å². The normalized spacial score (nSPS) is 54.8. The fraction of sp³-hybridized carbons (Fsp3) is 1.00. The largest absolute Gasteiger partial charge is 0.0620 e. The van der Waals surface area contributed by atoms with Crippen LogP contribution in [-0.4, -0.2) is 0 Å². The lowest BCUT2D eigenvalue weighted by molar-refractivity contribution is -0.0263. The summed E-state index contributed by atoms with van der Waals surface area (Å²) >= 11 is 0. The van der Waals surface area contributed by atoms with Gasteiger partial charge < -0.3 is 0 Å². The first kappa shape index (κ1) is 10.2. The summed E-state index contributed by atoms with van der Waals surface area (Å²) in [5, 5.41) is 0. The molecule has 3 rings (SSSR count). The van der Waals surface area contributed by atoms with Crippen molar-refractivity contribution in [1.29, 1.82) is 0 Å². The van der Waals surface area contributed by atoms with Crippen molar-refractivity contribution in [3.05, 3.63) is 0 Å². The summed E-state index contributed by atoms with van der Waals surface area (Å²) in [6.07, 6.45) is 13.9. The van der Waals surface area contributed by atoms with Crippen molar-refractivity contribution in [3.8, 4) is 0 Å². The van der Waals surface area contributed by atoms with Crippen LogP contribution >= 0.6 is 0 Å². The molecule has 3 aliphatic rings. The molecule has 3 saturated carbocycles. The second kappa shape index (κ2) is 3.25. The zero-order valence-electron chi connectivity index (χ0n) is 10.5.